The number of aromatic hydroxyl groups is 5. The number of aliphatic hydroxyl groups is 9. The summed E-state index contributed by atoms with van der Waals surface area (Å²) in [5.74, 6) is -18.5. The van der Waals surface area contributed by atoms with Crippen molar-refractivity contribution in [3.05, 3.63) is 5.56 Å². The van der Waals surface area contributed by atoms with Crippen molar-refractivity contribution in [2.24, 2.45) is 5.92 Å². The Kier molecular flexibility index (Phi) is 9.40. The number of hydroxylamine groups is 2. The highest BCUT2D eigenvalue weighted by Crippen LogP contribution is 2.56. The van der Waals surface area contributed by atoms with E-state index in [1.165, 1.54) is 0 Å². The van der Waals surface area contributed by atoms with Crippen LogP contribution in [-0.2, 0) is 15.2 Å². The molecule has 0 bridgehead atoms. The molecule has 17 heteroatoms. The molecule has 0 amide bonds. The molecule has 0 aliphatic heterocycles. The summed E-state index contributed by atoms with van der Waals surface area (Å²) >= 11 is 0. The first kappa shape index (κ1) is 31.0. The molecule has 0 aromatic heterocycles. The monoisotopic (exact) mass is 543 g/mol. The summed E-state index contributed by atoms with van der Waals surface area (Å²) in [5.41, 5.74) is -3.06. The van der Waals surface area contributed by atoms with Crippen LogP contribution in [0.2, 0.25) is 0 Å². The maximum Gasteiger partial charge on any atom is 0.351 e. The van der Waals surface area contributed by atoms with Gasteiger partial charge in [0.2, 0.25) is 17.2 Å². The predicted octanol–water partition coefficient (Wildman–Crippen LogP) is -3.87. The zero-order chi connectivity index (χ0) is 28.4. The van der Waals surface area contributed by atoms with Gasteiger partial charge in [-0.1, -0.05) is 19.3 Å². The van der Waals surface area contributed by atoms with E-state index in [2.05, 4.69) is 4.84 Å². The van der Waals surface area contributed by atoms with Gasteiger partial charge in [-0.15, -0.1) is 5.06 Å². The van der Waals surface area contributed by atoms with Crippen LogP contribution in [0, 0.1) is 5.92 Å². The average Bonchev–Trinajstić information content (AvgIpc) is 2.80. The van der Waals surface area contributed by atoms with E-state index in [0.29, 0.717) is 25.7 Å². The van der Waals surface area contributed by atoms with Crippen LogP contribution in [0.25, 0.3) is 0 Å². The number of hydrogen-bond acceptors (Lipinski definition) is 17. The largest absolute Gasteiger partial charge is 0.504 e. The minimum atomic E-state index is -4.25. The van der Waals surface area contributed by atoms with Crippen LogP contribution in [0.4, 0.5) is 0 Å². The van der Waals surface area contributed by atoms with E-state index in [4.69, 9.17) is 20.1 Å². The number of phenolic OH excluding ortho intramolecular Hbond substituents is 5. The van der Waals surface area contributed by atoms with Gasteiger partial charge in [-0.3, -0.25) is 4.84 Å². The van der Waals surface area contributed by atoms with E-state index in [9.17, 15) is 56.2 Å². The summed E-state index contributed by atoms with van der Waals surface area (Å²) < 4.78 is 5.32. The van der Waals surface area contributed by atoms with Crippen LogP contribution in [0.15, 0.2) is 0 Å². The fourth-order valence-corrected chi connectivity index (χ4v) is 4.09. The Morgan fingerprint density at radius 1 is 0.676 bits per heavy atom. The Hall–Kier alpha value is -2.26. The molecule has 214 valence electrons. The Morgan fingerprint density at radius 3 is 1.62 bits per heavy atom. The minimum Gasteiger partial charge on any atom is -0.504 e. The van der Waals surface area contributed by atoms with E-state index >= 15 is 0 Å². The molecule has 1 saturated carbocycles. The molecule has 1 aliphatic carbocycles. The van der Waals surface area contributed by atoms with Crippen molar-refractivity contribution in [2.45, 2.75) is 55.6 Å². The van der Waals surface area contributed by atoms with Crippen molar-refractivity contribution in [2.75, 3.05) is 26.4 Å². The van der Waals surface area contributed by atoms with Crippen molar-refractivity contribution in [3.8, 4) is 28.7 Å². The van der Waals surface area contributed by atoms with Crippen molar-refractivity contribution >= 4 is 0 Å². The molecule has 17 nitrogen and oxygen atoms in total. The second-order valence-electron chi connectivity index (χ2n) is 8.85. The number of benzene rings is 1. The fraction of sp³-hybridized carbons (Fsp3) is 0.700. The lowest BCUT2D eigenvalue weighted by atomic mass is 9.73. The molecule has 1 unspecified atom stereocenters. The normalized spacial score (nSPS) is 17.8. The van der Waals surface area contributed by atoms with Gasteiger partial charge in [0.25, 0.3) is 0 Å². The average molecular weight is 543 g/mol. The van der Waals surface area contributed by atoms with Gasteiger partial charge in [0.05, 0.1) is 25.3 Å². The molecule has 2 rings (SSSR count). The van der Waals surface area contributed by atoms with E-state index in [1.54, 1.807) is 0 Å². The molecule has 1 atom stereocenters. The first-order valence-corrected chi connectivity index (χ1v) is 11.0. The number of ether oxygens (including phenoxy) is 1. The standard InChI is InChI=1S/C20H33NO16/c22-12-11(13(23)15(25)16(26)14(12)24)17(27,10-4-2-1-3-5-10)8-36-7-6-21(37-9-18(28,29)30)19(31,32)20(33,34)35/h10,22-35H,1-9H2. The number of phenols is 5. The highest BCUT2D eigenvalue weighted by atomic mass is 16.8. The van der Waals surface area contributed by atoms with Gasteiger partial charge in [-0.2, -0.15) is 0 Å². The molecule has 0 heterocycles. The maximum absolute atomic E-state index is 11.6. The van der Waals surface area contributed by atoms with E-state index in [-0.39, 0.29) is 5.06 Å². The van der Waals surface area contributed by atoms with E-state index in [0.717, 1.165) is 6.42 Å². The first-order valence-electron chi connectivity index (χ1n) is 11.0. The number of nitrogens with zero attached hydrogens (tertiary/aromatic N) is 1. The SMILES string of the molecule is Oc1c(O)c(O)c(C(O)(COCCN(OCC(O)(O)O)C(O)(O)C(O)(O)O)C2CCCCC2)c(O)c1O. The van der Waals surface area contributed by atoms with Gasteiger partial charge in [0, 0.05) is 0 Å². The second kappa shape index (κ2) is 11.2. The second-order valence-corrected chi connectivity index (χ2v) is 8.85. The smallest absolute Gasteiger partial charge is 0.351 e. The van der Waals surface area contributed by atoms with Gasteiger partial charge in [0.15, 0.2) is 11.5 Å². The lowest BCUT2D eigenvalue weighted by molar-refractivity contribution is -0.532. The summed E-state index contributed by atoms with van der Waals surface area (Å²) in [5, 5.41) is 136. The van der Waals surface area contributed by atoms with Gasteiger partial charge >= 0.3 is 17.9 Å². The molecule has 0 spiro atoms. The van der Waals surface area contributed by atoms with E-state index in [1.807, 2.05) is 0 Å². The third kappa shape index (κ3) is 6.79. The first-order chi connectivity index (χ1) is 16.8. The predicted molar refractivity (Wildman–Crippen MR) is 115 cm³/mol. The summed E-state index contributed by atoms with van der Waals surface area (Å²) in [6.45, 7) is -3.92. The molecule has 1 aromatic carbocycles. The van der Waals surface area contributed by atoms with Gasteiger partial charge < -0.3 is 76.2 Å². The Balaban J connectivity index is 2.31. The van der Waals surface area contributed by atoms with Crippen LogP contribution >= 0.6 is 0 Å². The molecule has 37 heavy (non-hydrogen) atoms. The Morgan fingerprint density at radius 2 is 1.16 bits per heavy atom. The number of rotatable bonds is 12. The minimum absolute atomic E-state index is 0.211. The zero-order valence-electron chi connectivity index (χ0n) is 19.5. The quantitative estimate of drug-likeness (QED) is 0.0394. The molecular weight excluding hydrogens is 510 g/mol. The molecule has 14 N–H and O–H groups in total. The molecule has 0 saturated heterocycles. The Labute approximate surface area is 209 Å². The van der Waals surface area contributed by atoms with Crippen LogP contribution < -0.4 is 0 Å². The van der Waals surface area contributed by atoms with Gasteiger partial charge in [-0.25, -0.2) is 0 Å². The zero-order valence-corrected chi connectivity index (χ0v) is 19.5. The maximum atomic E-state index is 11.6. The summed E-state index contributed by atoms with van der Waals surface area (Å²) in [7, 11) is 0. The Bertz CT molecular complexity index is 891. The molecule has 1 aliphatic rings. The highest BCUT2D eigenvalue weighted by Gasteiger charge is 2.53. The third-order valence-electron chi connectivity index (χ3n) is 6.06. The van der Waals surface area contributed by atoms with Crippen molar-refractivity contribution in [1.29, 1.82) is 0 Å². The summed E-state index contributed by atoms with van der Waals surface area (Å²) in [4.78, 5) is 4.50. The summed E-state index contributed by atoms with van der Waals surface area (Å²) in [6.07, 6.45) is 2.76. The van der Waals surface area contributed by atoms with Crippen LogP contribution in [0.1, 0.15) is 37.7 Å². The lowest BCUT2D eigenvalue weighted by Crippen LogP contribution is -2.65. The van der Waals surface area contributed by atoms with Gasteiger partial charge in [-0.05, 0) is 18.8 Å². The topological polar surface area (TPSA) is 305 Å². The van der Waals surface area contributed by atoms with Crippen molar-refractivity contribution in [3.63, 3.8) is 0 Å². The van der Waals surface area contributed by atoms with Crippen molar-refractivity contribution in [1.82, 2.24) is 5.06 Å². The highest BCUT2D eigenvalue weighted by molar-refractivity contribution is 5.69. The van der Waals surface area contributed by atoms with Gasteiger partial charge in [0.1, 0.15) is 12.2 Å². The summed E-state index contributed by atoms with van der Waals surface area (Å²) in [6, 6.07) is 0. The van der Waals surface area contributed by atoms with Crippen LogP contribution in [-0.4, -0.2) is 121 Å². The lowest BCUT2D eigenvalue weighted by Gasteiger charge is -2.40. The molecular formula is C20H33NO16. The fourth-order valence-electron chi connectivity index (χ4n) is 4.09. The number of hydrogen-bond donors (Lipinski definition) is 14. The molecule has 1 fully saturated rings. The molecule has 0 radical (unpaired) electrons. The van der Waals surface area contributed by atoms with Crippen molar-refractivity contribution < 1.29 is 81.1 Å². The van der Waals surface area contributed by atoms with E-state index < -0.39 is 90.1 Å². The molecule has 1 aromatic rings. The third-order valence-corrected chi connectivity index (χ3v) is 6.06. The van der Waals surface area contributed by atoms with Crippen LogP contribution in [0.3, 0.4) is 0 Å². The van der Waals surface area contributed by atoms with Crippen LogP contribution in [0.5, 0.6) is 28.7 Å².